The highest BCUT2D eigenvalue weighted by Gasteiger charge is 2.18. The van der Waals surface area contributed by atoms with E-state index < -0.39 is 5.97 Å². The van der Waals surface area contributed by atoms with Gasteiger partial charge in [-0.1, -0.05) is 0 Å². The van der Waals surface area contributed by atoms with Gasteiger partial charge in [0.2, 0.25) is 0 Å². The molecule has 88 valence electrons. The molecule has 2 aromatic rings. The Morgan fingerprint density at radius 2 is 2.06 bits per heavy atom. The molecule has 2 rings (SSSR count). The van der Waals surface area contributed by atoms with Crippen LogP contribution in [0.2, 0.25) is 0 Å². The van der Waals surface area contributed by atoms with Crippen LogP contribution in [0.4, 0.5) is 0 Å². The molecular formula is C12H12N2O3. The molecule has 0 amide bonds. The van der Waals surface area contributed by atoms with Gasteiger partial charge >= 0.3 is 5.97 Å². The van der Waals surface area contributed by atoms with Crippen molar-refractivity contribution in [1.29, 1.82) is 0 Å². The molecule has 0 bridgehead atoms. The van der Waals surface area contributed by atoms with E-state index in [2.05, 4.69) is 9.97 Å². The second-order valence-corrected chi connectivity index (χ2v) is 3.51. The molecular weight excluding hydrogens is 220 g/mol. The quantitative estimate of drug-likeness (QED) is 0.738. The third-order valence-electron chi connectivity index (χ3n) is 2.41. The summed E-state index contributed by atoms with van der Waals surface area (Å²) in [5.74, 6) is -0.0448. The maximum absolute atomic E-state index is 11.7. The number of hydrogen-bond donors (Lipinski definition) is 0. The highest BCUT2D eigenvalue weighted by molar-refractivity contribution is 6.04. The van der Waals surface area contributed by atoms with Crippen molar-refractivity contribution in [2.24, 2.45) is 0 Å². The molecule has 0 atom stereocenters. The maximum atomic E-state index is 11.7. The van der Waals surface area contributed by atoms with Crippen molar-refractivity contribution in [3.05, 3.63) is 29.6 Å². The molecule has 1 heterocycles. The SMILES string of the molecule is COC(=O)c1c(OC)ccc2ncc(C)nc12. The Balaban J connectivity index is 2.81. The molecule has 0 spiro atoms. The fraction of sp³-hybridized carbons (Fsp3) is 0.250. The second kappa shape index (κ2) is 4.37. The molecule has 0 N–H and O–H groups in total. The summed E-state index contributed by atoms with van der Waals surface area (Å²) in [7, 11) is 2.82. The fourth-order valence-electron chi connectivity index (χ4n) is 1.62. The number of aryl methyl sites for hydroxylation is 1. The van der Waals surface area contributed by atoms with Crippen molar-refractivity contribution in [3.63, 3.8) is 0 Å². The van der Waals surface area contributed by atoms with E-state index in [0.717, 1.165) is 5.69 Å². The van der Waals surface area contributed by atoms with Crippen LogP contribution in [-0.2, 0) is 4.74 Å². The van der Waals surface area contributed by atoms with E-state index in [1.807, 2.05) is 6.92 Å². The van der Waals surface area contributed by atoms with Gasteiger partial charge in [0.1, 0.15) is 16.8 Å². The predicted octanol–water partition coefficient (Wildman–Crippen LogP) is 1.73. The van der Waals surface area contributed by atoms with Crippen LogP contribution in [-0.4, -0.2) is 30.2 Å². The van der Waals surface area contributed by atoms with E-state index >= 15 is 0 Å². The Morgan fingerprint density at radius 1 is 1.29 bits per heavy atom. The lowest BCUT2D eigenvalue weighted by Gasteiger charge is -2.09. The number of rotatable bonds is 2. The first kappa shape index (κ1) is 11.3. The molecule has 1 aromatic heterocycles. The summed E-state index contributed by atoms with van der Waals surface area (Å²) in [6.07, 6.45) is 1.65. The van der Waals surface area contributed by atoms with Crippen molar-refractivity contribution in [3.8, 4) is 5.75 Å². The van der Waals surface area contributed by atoms with Crippen LogP contribution in [0.1, 0.15) is 16.1 Å². The zero-order valence-electron chi connectivity index (χ0n) is 9.85. The van der Waals surface area contributed by atoms with Crippen LogP contribution in [0.15, 0.2) is 18.3 Å². The van der Waals surface area contributed by atoms with Gasteiger partial charge in [-0.15, -0.1) is 0 Å². The summed E-state index contributed by atoms with van der Waals surface area (Å²) >= 11 is 0. The fourth-order valence-corrected chi connectivity index (χ4v) is 1.62. The number of ether oxygens (including phenoxy) is 2. The van der Waals surface area contributed by atoms with Crippen LogP contribution < -0.4 is 4.74 Å². The lowest BCUT2D eigenvalue weighted by molar-refractivity contribution is 0.0599. The highest BCUT2D eigenvalue weighted by atomic mass is 16.5. The van der Waals surface area contributed by atoms with Gasteiger partial charge in [0.25, 0.3) is 0 Å². The minimum absolute atomic E-state index is 0.309. The number of esters is 1. The Hall–Kier alpha value is -2.17. The largest absolute Gasteiger partial charge is 0.496 e. The van der Waals surface area contributed by atoms with Crippen molar-refractivity contribution in [2.45, 2.75) is 6.92 Å². The Morgan fingerprint density at radius 3 is 2.71 bits per heavy atom. The molecule has 0 saturated carbocycles. The van der Waals surface area contributed by atoms with Gasteiger partial charge in [-0.2, -0.15) is 0 Å². The van der Waals surface area contributed by atoms with E-state index in [1.165, 1.54) is 14.2 Å². The van der Waals surface area contributed by atoms with Crippen molar-refractivity contribution < 1.29 is 14.3 Å². The van der Waals surface area contributed by atoms with Gasteiger partial charge in [-0.05, 0) is 19.1 Å². The topological polar surface area (TPSA) is 61.3 Å². The zero-order valence-corrected chi connectivity index (χ0v) is 9.85. The minimum Gasteiger partial charge on any atom is -0.496 e. The van der Waals surface area contributed by atoms with E-state index in [9.17, 15) is 4.79 Å². The molecule has 0 aliphatic carbocycles. The average molecular weight is 232 g/mol. The van der Waals surface area contributed by atoms with Crippen LogP contribution in [0, 0.1) is 6.92 Å². The number of fused-ring (bicyclic) bond motifs is 1. The first-order valence-electron chi connectivity index (χ1n) is 5.06. The molecule has 0 radical (unpaired) electrons. The maximum Gasteiger partial charge on any atom is 0.343 e. The highest BCUT2D eigenvalue weighted by Crippen LogP contribution is 2.26. The molecule has 5 heteroatoms. The molecule has 17 heavy (non-hydrogen) atoms. The first-order chi connectivity index (χ1) is 8.17. The monoisotopic (exact) mass is 232 g/mol. The van der Waals surface area contributed by atoms with Crippen LogP contribution in [0.3, 0.4) is 0 Å². The van der Waals surface area contributed by atoms with Gasteiger partial charge in [-0.25, -0.2) is 9.78 Å². The predicted molar refractivity (Wildman–Crippen MR) is 62.2 cm³/mol. The second-order valence-electron chi connectivity index (χ2n) is 3.51. The third kappa shape index (κ3) is 1.91. The number of hydrogen-bond acceptors (Lipinski definition) is 5. The van der Waals surface area contributed by atoms with Gasteiger partial charge in [0.05, 0.1) is 25.4 Å². The summed E-state index contributed by atoms with van der Waals surface area (Å²) in [6, 6.07) is 3.44. The Bertz CT molecular complexity index is 581. The molecule has 0 aliphatic rings. The lowest BCUT2D eigenvalue weighted by atomic mass is 10.1. The molecule has 0 unspecified atom stereocenters. The van der Waals surface area contributed by atoms with Crippen LogP contribution in [0.25, 0.3) is 11.0 Å². The summed E-state index contributed by atoms with van der Waals surface area (Å²) in [5.41, 5.74) is 2.17. The van der Waals surface area contributed by atoms with Crippen LogP contribution >= 0.6 is 0 Å². The average Bonchev–Trinajstić information content (AvgIpc) is 2.36. The van der Waals surface area contributed by atoms with Gasteiger partial charge < -0.3 is 9.47 Å². The molecule has 0 aliphatic heterocycles. The normalized spacial score (nSPS) is 10.3. The molecule has 1 aromatic carbocycles. The molecule has 0 fully saturated rings. The van der Waals surface area contributed by atoms with E-state index in [0.29, 0.717) is 22.3 Å². The molecule has 0 saturated heterocycles. The number of methoxy groups -OCH3 is 2. The van der Waals surface area contributed by atoms with E-state index in [1.54, 1.807) is 18.3 Å². The van der Waals surface area contributed by atoms with Crippen molar-refractivity contribution in [1.82, 2.24) is 9.97 Å². The zero-order chi connectivity index (χ0) is 12.4. The van der Waals surface area contributed by atoms with Crippen molar-refractivity contribution in [2.75, 3.05) is 14.2 Å². The van der Waals surface area contributed by atoms with E-state index in [-0.39, 0.29) is 0 Å². The third-order valence-corrected chi connectivity index (χ3v) is 2.41. The van der Waals surface area contributed by atoms with Gasteiger partial charge in [0, 0.05) is 6.20 Å². The Labute approximate surface area is 98.4 Å². The summed E-state index contributed by atoms with van der Waals surface area (Å²) in [5, 5.41) is 0. The van der Waals surface area contributed by atoms with E-state index in [4.69, 9.17) is 9.47 Å². The minimum atomic E-state index is -0.479. The van der Waals surface area contributed by atoms with Crippen molar-refractivity contribution >= 4 is 17.0 Å². The summed E-state index contributed by atoms with van der Waals surface area (Å²) in [4.78, 5) is 20.3. The Kier molecular flexibility index (Phi) is 2.91. The van der Waals surface area contributed by atoms with Crippen LogP contribution in [0.5, 0.6) is 5.75 Å². The number of carbonyl (C=O) groups excluding carboxylic acids is 1. The standard InChI is InChI=1S/C12H12N2O3/c1-7-6-13-8-4-5-9(16-2)10(11(8)14-7)12(15)17-3/h4-6H,1-3H3. The number of aromatic nitrogens is 2. The first-order valence-corrected chi connectivity index (χ1v) is 5.06. The lowest BCUT2D eigenvalue weighted by Crippen LogP contribution is -2.06. The number of benzene rings is 1. The number of carbonyl (C=O) groups is 1. The summed E-state index contributed by atoms with van der Waals surface area (Å²) in [6.45, 7) is 1.81. The smallest absolute Gasteiger partial charge is 0.343 e. The number of nitrogens with zero attached hydrogens (tertiary/aromatic N) is 2. The van der Waals surface area contributed by atoms with Gasteiger partial charge in [0.15, 0.2) is 0 Å². The molecule has 5 nitrogen and oxygen atoms in total. The van der Waals surface area contributed by atoms with Gasteiger partial charge in [-0.3, -0.25) is 4.98 Å². The summed E-state index contributed by atoms with van der Waals surface area (Å²) < 4.78 is 9.89.